The molecule has 0 N–H and O–H groups in total. The van der Waals surface area contributed by atoms with Crippen LogP contribution in [0.15, 0.2) is 30.5 Å². The van der Waals surface area contributed by atoms with Crippen LogP contribution in [-0.4, -0.2) is 34.2 Å². The van der Waals surface area contributed by atoms with E-state index >= 15 is 0 Å². The number of benzene rings is 1. The second-order valence-electron chi connectivity index (χ2n) is 6.14. The molecule has 0 radical (unpaired) electrons. The number of alkyl halides is 3. The van der Waals surface area contributed by atoms with E-state index in [0.717, 1.165) is 16.4 Å². The van der Waals surface area contributed by atoms with Crippen LogP contribution in [0.3, 0.4) is 0 Å². The second-order valence-corrected chi connectivity index (χ2v) is 6.14. The summed E-state index contributed by atoms with van der Waals surface area (Å²) >= 11 is 0. The van der Waals surface area contributed by atoms with E-state index in [1.807, 2.05) is 6.92 Å². The average Bonchev–Trinajstić information content (AvgIpc) is 3.01. The molecule has 0 bridgehead atoms. The van der Waals surface area contributed by atoms with Gasteiger partial charge in [0, 0.05) is 25.2 Å². The zero-order chi connectivity index (χ0) is 19.5. The molecular weight excluding hydrogens is 347 g/mol. The molecule has 1 aromatic carbocycles. The molecule has 8 heteroatoms. The summed E-state index contributed by atoms with van der Waals surface area (Å²) in [4.78, 5) is 13.9. The fourth-order valence-electron chi connectivity index (χ4n) is 2.66. The lowest BCUT2D eigenvalue weighted by atomic mass is 10.1. The molecule has 0 atom stereocenters. The first-order chi connectivity index (χ1) is 12.2. The lowest BCUT2D eigenvalue weighted by Gasteiger charge is -2.20. The van der Waals surface area contributed by atoms with Gasteiger partial charge in [-0.15, -0.1) is 0 Å². The Morgan fingerprint density at radius 1 is 1.31 bits per heavy atom. The van der Waals surface area contributed by atoms with Gasteiger partial charge in [-0.1, -0.05) is 18.2 Å². The molecule has 26 heavy (non-hydrogen) atoms. The van der Waals surface area contributed by atoms with Crippen LogP contribution in [0, 0.1) is 0 Å². The van der Waals surface area contributed by atoms with E-state index < -0.39 is 29.4 Å². The summed E-state index contributed by atoms with van der Waals surface area (Å²) in [5.74, 6) is -0.140. The molecule has 142 valence electrons. The molecule has 0 unspecified atom stereocenters. The van der Waals surface area contributed by atoms with Crippen LogP contribution in [-0.2, 0) is 12.7 Å². The Labute approximate surface area is 150 Å². The van der Waals surface area contributed by atoms with Crippen molar-refractivity contribution < 1.29 is 22.7 Å². The summed E-state index contributed by atoms with van der Waals surface area (Å²) in [5, 5.41) is 3.76. The van der Waals surface area contributed by atoms with Crippen molar-refractivity contribution in [3.63, 3.8) is 0 Å². The van der Waals surface area contributed by atoms with Crippen LogP contribution in [0.1, 0.15) is 48.4 Å². The minimum Gasteiger partial charge on any atom is -0.494 e. The van der Waals surface area contributed by atoms with Crippen molar-refractivity contribution in [3.8, 4) is 5.75 Å². The highest BCUT2D eigenvalue weighted by Gasteiger charge is 2.41. The lowest BCUT2D eigenvalue weighted by Crippen LogP contribution is -2.29. The number of rotatable bonds is 6. The van der Waals surface area contributed by atoms with E-state index in [-0.39, 0.29) is 6.54 Å². The molecule has 0 saturated heterocycles. The average molecular weight is 369 g/mol. The summed E-state index contributed by atoms with van der Waals surface area (Å²) in [7, 11) is 1.46. The molecule has 1 heterocycles. The van der Waals surface area contributed by atoms with E-state index in [9.17, 15) is 18.0 Å². The van der Waals surface area contributed by atoms with Gasteiger partial charge in [-0.05, 0) is 26.8 Å². The smallest absolute Gasteiger partial charge is 0.433 e. The zero-order valence-corrected chi connectivity index (χ0v) is 15.2. The van der Waals surface area contributed by atoms with E-state index in [0.29, 0.717) is 12.4 Å². The highest BCUT2D eigenvalue weighted by Crippen LogP contribution is 2.34. The number of aromatic nitrogens is 2. The third kappa shape index (κ3) is 4.17. The van der Waals surface area contributed by atoms with Gasteiger partial charge in [0.2, 0.25) is 0 Å². The maximum absolute atomic E-state index is 13.5. The number of ether oxygens (including phenoxy) is 1. The van der Waals surface area contributed by atoms with Gasteiger partial charge in [-0.2, -0.15) is 18.3 Å². The fraction of sp³-hybridized carbons (Fsp3) is 0.444. The molecule has 2 aromatic rings. The van der Waals surface area contributed by atoms with E-state index in [4.69, 9.17) is 4.74 Å². The maximum atomic E-state index is 13.5. The normalized spacial score (nSPS) is 11.7. The third-order valence-corrected chi connectivity index (χ3v) is 3.81. The van der Waals surface area contributed by atoms with Gasteiger partial charge in [0.25, 0.3) is 5.91 Å². The molecule has 0 fully saturated rings. The van der Waals surface area contributed by atoms with Crippen LogP contribution >= 0.6 is 0 Å². The van der Waals surface area contributed by atoms with E-state index in [1.165, 1.54) is 11.9 Å². The van der Waals surface area contributed by atoms with Crippen molar-refractivity contribution >= 4 is 5.91 Å². The van der Waals surface area contributed by atoms with Gasteiger partial charge in [0.05, 0.1) is 18.4 Å². The topological polar surface area (TPSA) is 47.4 Å². The summed E-state index contributed by atoms with van der Waals surface area (Å²) in [5.41, 5.74) is -0.764. The van der Waals surface area contributed by atoms with Gasteiger partial charge < -0.3 is 9.64 Å². The van der Waals surface area contributed by atoms with Gasteiger partial charge in [-0.3, -0.25) is 9.48 Å². The summed E-state index contributed by atoms with van der Waals surface area (Å²) in [6.45, 7) is 5.58. The van der Waals surface area contributed by atoms with Gasteiger partial charge in [0.1, 0.15) is 5.75 Å². The zero-order valence-electron chi connectivity index (χ0n) is 15.2. The minimum absolute atomic E-state index is 0.124. The number of halogens is 3. The van der Waals surface area contributed by atoms with Gasteiger partial charge in [-0.25, -0.2) is 0 Å². The van der Waals surface area contributed by atoms with Gasteiger partial charge in [0.15, 0.2) is 5.69 Å². The molecule has 5 nitrogen and oxygen atoms in total. The van der Waals surface area contributed by atoms with Crippen molar-refractivity contribution in [2.45, 2.75) is 39.5 Å². The Hall–Kier alpha value is -2.51. The monoisotopic (exact) mass is 369 g/mol. The van der Waals surface area contributed by atoms with E-state index in [1.54, 1.807) is 38.1 Å². The SMILES string of the molecule is CCOc1ccccc1CN(C)C(=O)c1cnn(C(C)C)c1C(F)(F)F. The van der Waals surface area contributed by atoms with Crippen LogP contribution in [0.25, 0.3) is 0 Å². The molecule has 0 spiro atoms. The first-order valence-corrected chi connectivity index (χ1v) is 8.27. The third-order valence-electron chi connectivity index (χ3n) is 3.81. The van der Waals surface area contributed by atoms with Gasteiger partial charge >= 0.3 is 6.18 Å². The Balaban J connectivity index is 2.32. The Morgan fingerprint density at radius 2 is 1.96 bits per heavy atom. The predicted octanol–water partition coefficient (Wildman–Crippen LogP) is 4.15. The lowest BCUT2D eigenvalue weighted by molar-refractivity contribution is -0.145. The van der Waals surface area contributed by atoms with E-state index in [2.05, 4.69) is 5.10 Å². The Bertz CT molecular complexity index is 769. The van der Waals surface area contributed by atoms with Crippen molar-refractivity contribution in [1.82, 2.24) is 14.7 Å². The molecule has 0 aliphatic carbocycles. The highest BCUT2D eigenvalue weighted by molar-refractivity contribution is 5.95. The first kappa shape index (κ1) is 19.8. The second kappa shape index (κ2) is 7.80. The van der Waals surface area contributed by atoms with Crippen molar-refractivity contribution in [3.05, 3.63) is 47.3 Å². The van der Waals surface area contributed by atoms with Crippen LogP contribution in [0.4, 0.5) is 13.2 Å². The maximum Gasteiger partial charge on any atom is 0.433 e. The molecular formula is C18H22F3N3O2. The molecule has 0 aliphatic heterocycles. The predicted molar refractivity (Wildman–Crippen MR) is 91.0 cm³/mol. The van der Waals surface area contributed by atoms with Crippen molar-refractivity contribution in [1.29, 1.82) is 0 Å². The Kier molecular flexibility index (Phi) is 5.94. The van der Waals surface area contributed by atoms with Crippen molar-refractivity contribution in [2.24, 2.45) is 0 Å². The number of carbonyl (C=O) groups is 1. The molecule has 2 rings (SSSR count). The summed E-state index contributed by atoms with van der Waals surface area (Å²) < 4.78 is 46.7. The minimum atomic E-state index is -4.67. The number of hydrogen-bond donors (Lipinski definition) is 0. The highest BCUT2D eigenvalue weighted by atomic mass is 19.4. The first-order valence-electron chi connectivity index (χ1n) is 8.27. The number of amides is 1. The number of para-hydroxylation sites is 1. The molecule has 0 saturated carbocycles. The summed E-state index contributed by atoms with van der Waals surface area (Å²) in [6, 6.07) is 6.60. The molecule has 0 aliphatic rings. The summed E-state index contributed by atoms with van der Waals surface area (Å²) in [6.07, 6.45) is -3.69. The van der Waals surface area contributed by atoms with Crippen LogP contribution in [0.5, 0.6) is 5.75 Å². The fourth-order valence-corrected chi connectivity index (χ4v) is 2.66. The molecule has 1 amide bonds. The number of nitrogens with zero attached hydrogens (tertiary/aromatic N) is 3. The Morgan fingerprint density at radius 3 is 2.54 bits per heavy atom. The number of hydrogen-bond acceptors (Lipinski definition) is 3. The quantitative estimate of drug-likeness (QED) is 0.768. The number of carbonyl (C=O) groups excluding carboxylic acids is 1. The van der Waals surface area contributed by atoms with Crippen molar-refractivity contribution in [2.75, 3.05) is 13.7 Å². The molecule has 1 aromatic heterocycles. The van der Waals surface area contributed by atoms with Crippen LogP contribution < -0.4 is 4.74 Å². The van der Waals surface area contributed by atoms with Crippen LogP contribution in [0.2, 0.25) is 0 Å². The largest absolute Gasteiger partial charge is 0.494 e. The standard InChI is InChI=1S/C18H22F3N3O2/c1-5-26-15-9-7-6-8-13(15)11-23(4)17(25)14-10-22-24(12(2)3)16(14)18(19,20)21/h6-10,12H,5,11H2,1-4H3.